The molecule has 0 bridgehead atoms. The van der Waals surface area contributed by atoms with Crippen LogP contribution in [0.5, 0.6) is 5.75 Å². The summed E-state index contributed by atoms with van der Waals surface area (Å²) in [7, 11) is 3.48. The Kier molecular flexibility index (Phi) is 8.38. The summed E-state index contributed by atoms with van der Waals surface area (Å²) >= 11 is 5.82. The number of ether oxygens (including phenoxy) is 1. The molecule has 6 nitrogen and oxygen atoms in total. The third-order valence-corrected chi connectivity index (χ3v) is 5.46. The van der Waals surface area contributed by atoms with E-state index in [1.54, 1.807) is 48.2 Å². The van der Waals surface area contributed by atoms with Gasteiger partial charge in [0, 0.05) is 38.1 Å². The van der Waals surface area contributed by atoms with Crippen LogP contribution in [0.3, 0.4) is 0 Å². The second-order valence-electron chi connectivity index (χ2n) is 7.23. The van der Waals surface area contributed by atoms with Gasteiger partial charge in [-0.05, 0) is 62.3 Å². The minimum Gasteiger partial charge on any atom is -0.410 e. The van der Waals surface area contributed by atoms with Gasteiger partial charge in [0.15, 0.2) is 0 Å². The number of benzene rings is 1. The molecule has 0 aliphatic heterocycles. The van der Waals surface area contributed by atoms with E-state index < -0.39 is 0 Å². The van der Waals surface area contributed by atoms with Crippen LogP contribution in [0.1, 0.15) is 32.1 Å². The number of rotatable bonds is 7. The molecule has 1 N–H and O–H groups in total. The number of hydrogen-bond donors (Lipinski definition) is 1. The highest BCUT2D eigenvalue weighted by molar-refractivity contribution is 6.30. The predicted molar refractivity (Wildman–Crippen MR) is 105 cm³/mol. The highest BCUT2D eigenvalue weighted by Gasteiger charge is 2.28. The molecule has 1 aromatic carbocycles. The topological polar surface area (TPSA) is 70.1 Å². The summed E-state index contributed by atoms with van der Waals surface area (Å²) in [5.74, 6) is 1.18. The van der Waals surface area contributed by atoms with Crippen LogP contribution < -0.4 is 4.74 Å². The third-order valence-electron chi connectivity index (χ3n) is 5.21. The SMILES string of the molecule is CN(CC[C@H]1CC[C@H](C(=O)N(C)CCO)CC1)C(=O)Oc1ccc(Cl)cc1. The summed E-state index contributed by atoms with van der Waals surface area (Å²) in [6.07, 6.45) is 4.25. The van der Waals surface area contributed by atoms with Crippen LogP contribution in [0.25, 0.3) is 0 Å². The van der Waals surface area contributed by atoms with Crippen molar-refractivity contribution in [2.75, 3.05) is 33.8 Å². The quantitative estimate of drug-likeness (QED) is 0.766. The molecule has 0 saturated heterocycles. The van der Waals surface area contributed by atoms with Crippen molar-refractivity contribution in [3.63, 3.8) is 0 Å². The number of likely N-dealkylation sites (N-methyl/N-ethyl adjacent to an activating group) is 1. The van der Waals surface area contributed by atoms with Crippen LogP contribution in [0, 0.1) is 11.8 Å². The molecule has 2 amide bonds. The largest absolute Gasteiger partial charge is 0.414 e. The molecule has 1 aromatic rings. The van der Waals surface area contributed by atoms with Crippen LogP contribution in [0.15, 0.2) is 24.3 Å². The van der Waals surface area contributed by atoms with Crippen molar-refractivity contribution in [2.24, 2.45) is 11.8 Å². The number of amides is 2. The summed E-state index contributed by atoms with van der Waals surface area (Å²) < 4.78 is 5.33. The molecular weight excluding hydrogens is 368 g/mol. The maximum absolute atomic E-state index is 12.3. The van der Waals surface area contributed by atoms with E-state index in [1.807, 2.05) is 0 Å². The average Bonchev–Trinajstić information content (AvgIpc) is 2.67. The minimum atomic E-state index is -0.383. The first-order valence-electron chi connectivity index (χ1n) is 9.45. The Morgan fingerprint density at radius 2 is 1.70 bits per heavy atom. The van der Waals surface area contributed by atoms with Crippen LogP contribution in [0.4, 0.5) is 4.79 Å². The first-order valence-corrected chi connectivity index (χ1v) is 9.83. The molecule has 0 heterocycles. The molecule has 0 radical (unpaired) electrons. The van der Waals surface area contributed by atoms with Gasteiger partial charge in [-0.1, -0.05) is 11.6 Å². The van der Waals surface area contributed by atoms with Crippen LogP contribution in [0.2, 0.25) is 5.02 Å². The zero-order chi connectivity index (χ0) is 19.8. The highest BCUT2D eigenvalue weighted by Crippen LogP contribution is 2.32. The lowest BCUT2D eigenvalue weighted by atomic mass is 9.80. The normalized spacial score (nSPS) is 19.4. The molecular formula is C20H29ClN2O4. The van der Waals surface area contributed by atoms with E-state index in [1.165, 1.54) is 0 Å². The lowest BCUT2D eigenvalue weighted by Gasteiger charge is -2.31. The monoisotopic (exact) mass is 396 g/mol. The molecule has 0 unspecified atom stereocenters. The average molecular weight is 397 g/mol. The zero-order valence-electron chi connectivity index (χ0n) is 16.1. The number of aliphatic hydroxyl groups excluding tert-OH is 1. The molecule has 1 fully saturated rings. The van der Waals surface area contributed by atoms with Gasteiger partial charge in [0.1, 0.15) is 5.75 Å². The van der Waals surface area contributed by atoms with Gasteiger partial charge in [0.2, 0.25) is 5.91 Å². The van der Waals surface area contributed by atoms with Gasteiger partial charge in [-0.3, -0.25) is 4.79 Å². The molecule has 1 aliphatic rings. The van der Waals surface area contributed by atoms with Gasteiger partial charge in [-0.2, -0.15) is 0 Å². The molecule has 1 aliphatic carbocycles. The van der Waals surface area contributed by atoms with E-state index in [2.05, 4.69) is 0 Å². The number of aliphatic hydroxyl groups is 1. The van der Waals surface area contributed by atoms with E-state index in [0.717, 1.165) is 32.1 Å². The number of nitrogens with zero attached hydrogens (tertiary/aromatic N) is 2. The van der Waals surface area contributed by atoms with Crippen molar-refractivity contribution in [3.05, 3.63) is 29.3 Å². The van der Waals surface area contributed by atoms with E-state index in [9.17, 15) is 9.59 Å². The molecule has 150 valence electrons. The van der Waals surface area contributed by atoms with Gasteiger partial charge in [0.05, 0.1) is 6.61 Å². The number of carbonyl (C=O) groups excluding carboxylic acids is 2. The smallest absolute Gasteiger partial charge is 0.410 e. The lowest BCUT2D eigenvalue weighted by molar-refractivity contribution is -0.136. The molecule has 0 spiro atoms. The van der Waals surface area contributed by atoms with Crippen molar-refractivity contribution < 1.29 is 19.4 Å². The number of hydrogen-bond acceptors (Lipinski definition) is 4. The highest BCUT2D eigenvalue weighted by atomic mass is 35.5. The second-order valence-corrected chi connectivity index (χ2v) is 7.67. The summed E-state index contributed by atoms with van der Waals surface area (Å²) in [5.41, 5.74) is 0. The first kappa shape index (κ1) is 21.5. The van der Waals surface area contributed by atoms with Crippen molar-refractivity contribution in [2.45, 2.75) is 32.1 Å². The Morgan fingerprint density at radius 1 is 1.07 bits per heavy atom. The molecule has 7 heteroatoms. The Labute approximate surface area is 166 Å². The summed E-state index contributed by atoms with van der Waals surface area (Å²) in [5, 5.41) is 9.55. The van der Waals surface area contributed by atoms with E-state index in [4.69, 9.17) is 21.4 Å². The van der Waals surface area contributed by atoms with Crippen molar-refractivity contribution in [1.82, 2.24) is 9.80 Å². The maximum atomic E-state index is 12.3. The van der Waals surface area contributed by atoms with Gasteiger partial charge >= 0.3 is 6.09 Å². The molecule has 27 heavy (non-hydrogen) atoms. The standard InChI is InChI=1S/C20H29ClN2O4/c1-22(13-14-24)19(25)16-5-3-15(4-6-16)11-12-23(2)20(26)27-18-9-7-17(21)8-10-18/h7-10,15-16,24H,3-6,11-14H2,1-2H3/t15-,16-. The van der Waals surface area contributed by atoms with E-state index in [-0.39, 0.29) is 24.5 Å². The number of carbonyl (C=O) groups is 2. The Morgan fingerprint density at radius 3 is 2.30 bits per heavy atom. The Bertz CT molecular complexity index is 615. The minimum absolute atomic E-state index is 0.00393. The van der Waals surface area contributed by atoms with Crippen LogP contribution >= 0.6 is 11.6 Å². The van der Waals surface area contributed by atoms with Crippen molar-refractivity contribution >= 4 is 23.6 Å². The summed E-state index contributed by atoms with van der Waals surface area (Å²) in [6, 6.07) is 6.70. The van der Waals surface area contributed by atoms with Crippen molar-refractivity contribution in [1.29, 1.82) is 0 Å². The second kappa shape index (κ2) is 10.5. The van der Waals surface area contributed by atoms with Gasteiger partial charge < -0.3 is 19.6 Å². The number of halogens is 1. The Balaban J connectivity index is 1.70. The predicted octanol–water partition coefficient (Wildman–Crippen LogP) is 3.42. The van der Waals surface area contributed by atoms with Gasteiger partial charge in [-0.15, -0.1) is 0 Å². The molecule has 2 rings (SSSR count). The fourth-order valence-corrected chi connectivity index (χ4v) is 3.54. The maximum Gasteiger partial charge on any atom is 0.414 e. The molecule has 0 atom stereocenters. The zero-order valence-corrected chi connectivity index (χ0v) is 16.8. The van der Waals surface area contributed by atoms with Gasteiger partial charge in [-0.25, -0.2) is 4.79 Å². The Hall–Kier alpha value is -1.79. The van der Waals surface area contributed by atoms with E-state index >= 15 is 0 Å². The van der Waals surface area contributed by atoms with Crippen molar-refractivity contribution in [3.8, 4) is 5.75 Å². The van der Waals surface area contributed by atoms with E-state index in [0.29, 0.717) is 29.8 Å². The summed E-state index contributed by atoms with van der Waals surface area (Å²) in [6.45, 7) is 1.01. The van der Waals surface area contributed by atoms with Gasteiger partial charge in [0.25, 0.3) is 0 Å². The third kappa shape index (κ3) is 6.70. The molecule has 1 saturated carbocycles. The first-order chi connectivity index (χ1) is 12.9. The fraction of sp³-hybridized carbons (Fsp3) is 0.600. The fourth-order valence-electron chi connectivity index (χ4n) is 3.42. The van der Waals surface area contributed by atoms with Crippen LogP contribution in [-0.2, 0) is 4.79 Å². The summed E-state index contributed by atoms with van der Waals surface area (Å²) in [4.78, 5) is 27.6. The molecule has 0 aromatic heterocycles. The lowest BCUT2D eigenvalue weighted by Crippen LogP contribution is -2.37. The van der Waals surface area contributed by atoms with Crippen LogP contribution in [-0.4, -0.2) is 60.7 Å².